The number of carbonyl (C=O) groups is 2. The van der Waals surface area contributed by atoms with Gasteiger partial charge in [0.1, 0.15) is 6.04 Å². The Morgan fingerprint density at radius 2 is 2.05 bits per heavy atom. The van der Waals surface area contributed by atoms with Crippen LogP contribution in [0.3, 0.4) is 0 Å². The molecule has 1 aromatic rings. The third kappa shape index (κ3) is 2.99. The van der Waals surface area contributed by atoms with Gasteiger partial charge in [-0.1, -0.05) is 6.92 Å². The number of imide groups is 1. The number of rotatable bonds is 3. The number of nitrogens with two attached hydrogens (primary N) is 1. The molecule has 21 heavy (non-hydrogen) atoms. The lowest BCUT2D eigenvalue weighted by atomic mass is 10.1. The molecule has 8 heteroatoms. The molecule has 1 fully saturated rings. The van der Waals surface area contributed by atoms with Crippen molar-refractivity contribution >= 4 is 33.0 Å². The Kier molecular flexibility index (Phi) is 3.91. The molecule has 0 bridgehead atoms. The molecular formula is C13H17N3O4S. The second-order valence-corrected chi connectivity index (χ2v) is 6.97. The minimum atomic E-state index is -3.36. The highest BCUT2D eigenvalue weighted by Gasteiger charge is 2.33. The lowest BCUT2D eigenvalue weighted by Gasteiger charge is -2.35. The summed E-state index contributed by atoms with van der Waals surface area (Å²) in [5.41, 5.74) is 6.61. The summed E-state index contributed by atoms with van der Waals surface area (Å²) in [6.45, 7) is 1.83. The number of anilines is 2. The summed E-state index contributed by atoms with van der Waals surface area (Å²) in [6.07, 6.45) is 1.60. The van der Waals surface area contributed by atoms with E-state index in [4.69, 9.17) is 5.73 Å². The zero-order valence-corrected chi connectivity index (χ0v) is 12.6. The van der Waals surface area contributed by atoms with Crippen LogP contribution in [-0.4, -0.2) is 39.1 Å². The standard InChI is InChI=1S/C13H17N3O4S/c1-3-10-13(18)15-12(17)7-16(10)11-5-4-8(6-9(11)14)21(2,19)20/h4-6,10H,3,7,14H2,1-2H3,(H,15,17,18). The minimum absolute atomic E-state index is 0.00662. The number of hydrogen-bond acceptors (Lipinski definition) is 6. The highest BCUT2D eigenvalue weighted by Crippen LogP contribution is 2.29. The fourth-order valence-corrected chi connectivity index (χ4v) is 3.01. The number of carbonyl (C=O) groups excluding carboxylic acids is 2. The van der Waals surface area contributed by atoms with E-state index in [0.29, 0.717) is 12.1 Å². The number of nitrogen functional groups attached to an aromatic ring is 1. The third-order valence-corrected chi connectivity index (χ3v) is 4.49. The topological polar surface area (TPSA) is 110 Å². The molecule has 1 heterocycles. The van der Waals surface area contributed by atoms with E-state index in [1.165, 1.54) is 18.2 Å². The van der Waals surface area contributed by atoms with Gasteiger partial charge in [-0.25, -0.2) is 8.42 Å². The molecule has 1 atom stereocenters. The molecule has 3 N–H and O–H groups in total. The van der Waals surface area contributed by atoms with Crippen molar-refractivity contribution in [2.24, 2.45) is 0 Å². The smallest absolute Gasteiger partial charge is 0.249 e. The number of nitrogens with one attached hydrogen (secondary N) is 1. The molecular weight excluding hydrogens is 294 g/mol. The zero-order chi connectivity index (χ0) is 15.8. The Labute approximate surface area is 123 Å². The molecule has 0 spiro atoms. The lowest BCUT2D eigenvalue weighted by Crippen LogP contribution is -2.58. The van der Waals surface area contributed by atoms with Crippen LogP contribution in [0.5, 0.6) is 0 Å². The predicted molar refractivity (Wildman–Crippen MR) is 78.5 cm³/mol. The molecule has 0 aliphatic carbocycles. The van der Waals surface area contributed by atoms with E-state index in [1.54, 1.807) is 4.90 Å². The maximum Gasteiger partial charge on any atom is 0.249 e. The average molecular weight is 311 g/mol. The molecule has 1 aromatic carbocycles. The Hall–Kier alpha value is -2.09. The lowest BCUT2D eigenvalue weighted by molar-refractivity contribution is -0.132. The van der Waals surface area contributed by atoms with E-state index >= 15 is 0 Å². The molecule has 0 radical (unpaired) electrons. The maximum atomic E-state index is 11.8. The van der Waals surface area contributed by atoms with E-state index in [9.17, 15) is 18.0 Å². The largest absolute Gasteiger partial charge is 0.397 e. The summed E-state index contributed by atoms with van der Waals surface area (Å²) in [5.74, 6) is -0.781. The molecule has 0 aromatic heterocycles. The molecule has 2 rings (SSSR count). The minimum Gasteiger partial charge on any atom is -0.397 e. The Morgan fingerprint density at radius 1 is 1.38 bits per heavy atom. The van der Waals surface area contributed by atoms with E-state index in [-0.39, 0.29) is 23.0 Å². The summed E-state index contributed by atoms with van der Waals surface area (Å²) >= 11 is 0. The number of amides is 2. The summed E-state index contributed by atoms with van der Waals surface area (Å²) in [7, 11) is -3.36. The first-order valence-electron chi connectivity index (χ1n) is 6.44. The van der Waals surface area contributed by atoms with Gasteiger partial charge in [0.2, 0.25) is 11.8 Å². The number of benzene rings is 1. The van der Waals surface area contributed by atoms with Crippen LogP contribution in [-0.2, 0) is 19.4 Å². The summed E-state index contributed by atoms with van der Waals surface area (Å²) in [6, 6.07) is 3.79. The van der Waals surface area contributed by atoms with Crippen LogP contribution in [0, 0.1) is 0 Å². The zero-order valence-electron chi connectivity index (χ0n) is 11.8. The van der Waals surface area contributed by atoms with Crippen molar-refractivity contribution in [2.45, 2.75) is 24.3 Å². The Balaban J connectivity index is 2.45. The number of hydrogen-bond donors (Lipinski definition) is 2. The fraction of sp³-hybridized carbons (Fsp3) is 0.385. The van der Waals surface area contributed by atoms with Crippen LogP contribution in [0.2, 0.25) is 0 Å². The van der Waals surface area contributed by atoms with Crippen LogP contribution < -0.4 is 16.0 Å². The molecule has 7 nitrogen and oxygen atoms in total. The quantitative estimate of drug-likeness (QED) is 0.596. The van der Waals surface area contributed by atoms with Gasteiger partial charge in [-0.05, 0) is 24.6 Å². The van der Waals surface area contributed by atoms with Crippen LogP contribution in [0.4, 0.5) is 11.4 Å². The SMILES string of the molecule is CCC1C(=O)NC(=O)CN1c1ccc(S(C)(=O)=O)cc1N. The van der Waals surface area contributed by atoms with Crippen molar-refractivity contribution in [3.05, 3.63) is 18.2 Å². The second kappa shape index (κ2) is 5.36. The highest BCUT2D eigenvalue weighted by atomic mass is 32.2. The van der Waals surface area contributed by atoms with Crippen LogP contribution in [0.25, 0.3) is 0 Å². The highest BCUT2D eigenvalue weighted by molar-refractivity contribution is 7.90. The van der Waals surface area contributed by atoms with Gasteiger partial charge in [0.25, 0.3) is 0 Å². The van der Waals surface area contributed by atoms with Gasteiger partial charge in [0.15, 0.2) is 9.84 Å². The van der Waals surface area contributed by atoms with E-state index < -0.39 is 21.8 Å². The van der Waals surface area contributed by atoms with Gasteiger partial charge >= 0.3 is 0 Å². The van der Waals surface area contributed by atoms with E-state index in [1.807, 2.05) is 6.92 Å². The van der Waals surface area contributed by atoms with Crippen LogP contribution in [0.15, 0.2) is 23.1 Å². The van der Waals surface area contributed by atoms with Crippen molar-refractivity contribution < 1.29 is 18.0 Å². The van der Waals surface area contributed by atoms with Gasteiger partial charge in [0, 0.05) is 6.26 Å². The first-order chi connectivity index (χ1) is 9.74. The second-order valence-electron chi connectivity index (χ2n) is 4.96. The number of sulfone groups is 1. The average Bonchev–Trinajstić information content (AvgIpc) is 2.36. The van der Waals surface area contributed by atoms with Crippen molar-refractivity contribution in [1.29, 1.82) is 0 Å². The molecule has 0 saturated carbocycles. The molecule has 1 aliphatic rings. The number of nitrogens with zero attached hydrogens (tertiary/aromatic N) is 1. The predicted octanol–water partition coefficient (Wildman–Crippen LogP) is -0.0863. The fourth-order valence-electron chi connectivity index (χ4n) is 2.35. The molecule has 2 amide bonds. The van der Waals surface area contributed by atoms with Crippen molar-refractivity contribution in [3.8, 4) is 0 Å². The van der Waals surface area contributed by atoms with Gasteiger partial charge in [-0.15, -0.1) is 0 Å². The monoisotopic (exact) mass is 311 g/mol. The molecule has 114 valence electrons. The molecule has 1 unspecified atom stereocenters. The van der Waals surface area contributed by atoms with E-state index in [0.717, 1.165) is 6.26 Å². The molecule has 1 aliphatic heterocycles. The first kappa shape index (κ1) is 15.3. The van der Waals surface area contributed by atoms with Gasteiger partial charge in [-0.3, -0.25) is 14.9 Å². The maximum absolute atomic E-state index is 11.8. The van der Waals surface area contributed by atoms with Crippen LogP contribution >= 0.6 is 0 Å². The first-order valence-corrected chi connectivity index (χ1v) is 8.33. The summed E-state index contributed by atoms with van der Waals surface area (Å²) in [4.78, 5) is 25.1. The Bertz CT molecular complexity index is 699. The van der Waals surface area contributed by atoms with E-state index in [2.05, 4.69) is 5.32 Å². The van der Waals surface area contributed by atoms with Crippen molar-refractivity contribution in [1.82, 2.24) is 5.32 Å². The van der Waals surface area contributed by atoms with Gasteiger partial charge < -0.3 is 10.6 Å². The molecule has 1 saturated heterocycles. The van der Waals surface area contributed by atoms with Crippen molar-refractivity contribution in [3.63, 3.8) is 0 Å². The normalized spacial score (nSPS) is 19.5. The van der Waals surface area contributed by atoms with Crippen LogP contribution in [0.1, 0.15) is 13.3 Å². The third-order valence-electron chi connectivity index (χ3n) is 3.38. The van der Waals surface area contributed by atoms with Gasteiger partial charge in [-0.2, -0.15) is 0 Å². The summed E-state index contributed by atoms with van der Waals surface area (Å²) < 4.78 is 23.0. The number of piperazine rings is 1. The van der Waals surface area contributed by atoms with Gasteiger partial charge in [0.05, 0.1) is 22.8 Å². The van der Waals surface area contributed by atoms with Crippen molar-refractivity contribution in [2.75, 3.05) is 23.4 Å². The summed E-state index contributed by atoms with van der Waals surface area (Å²) in [5, 5.41) is 2.28. The Morgan fingerprint density at radius 3 is 2.57 bits per heavy atom.